The summed E-state index contributed by atoms with van der Waals surface area (Å²) >= 11 is 0. The predicted molar refractivity (Wildman–Crippen MR) is 49.5 cm³/mol. The second-order valence-electron chi connectivity index (χ2n) is 2.67. The number of carbonyl (C=O) groups is 2. The van der Waals surface area contributed by atoms with Crippen LogP contribution in [0.15, 0.2) is 12.1 Å². The molecule has 0 heterocycles. The maximum absolute atomic E-state index is 10.8. The van der Waals surface area contributed by atoms with Crippen LogP contribution in [0.1, 0.15) is 26.3 Å². The molecule has 0 aliphatic heterocycles. The van der Waals surface area contributed by atoms with Gasteiger partial charge in [-0.3, -0.25) is 0 Å². The van der Waals surface area contributed by atoms with Gasteiger partial charge in [0.2, 0.25) is 0 Å². The van der Waals surface area contributed by atoms with Gasteiger partial charge < -0.3 is 15.9 Å². The van der Waals surface area contributed by atoms with Crippen LogP contribution in [0.2, 0.25) is 0 Å². The number of carboxylic acid groups (broad SMARTS) is 2. The summed E-state index contributed by atoms with van der Waals surface area (Å²) in [5, 5.41) is 26.2. The Balaban J connectivity index is 3.66. The van der Waals surface area contributed by atoms with Crippen molar-refractivity contribution in [1.82, 2.24) is 0 Å². The number of benzene rings is 1. The highest BCUT2D eigenvalue weighted by Crippen LogP contribution is 2.20. The molecule has 76 valence electrons. The van der Waals surface area contributed by atoms with Crippen LogP contribution in [0.3, 0.4) is 0 Å². The van der Waals surface area contributed by atoms with Crippen LogP contribution >= 0.6 is 0 Å². The molecule has 1 rings (SSSR count). The molecule has 0 radical (unpaired) electrons. The topological polar surface area (TPSA) is 124 Å². The van der Waals surface area contributed by atoms with Gasteiger partial charge in [-0.15, -0.1) is 0 Å². The quantitative estimate of drug-likeness (QED) is 0.606. The molecule has 6 heteroatoms. The highest BCUT2D eigenvalue weighted by atomic mass is 16.4. The zero-order valence-electron chi connectivity index (χ0n) is 7.39. The fourth-order valence-corrected chi connectivity index (χ4v) is 1.14. The molecule has 0 aliphatic rings. The number of nitriles is 1. The lowest BCUT2D eigenvalue weighted by molar-refractivity contribution is 0.0651. The van der Waals surface area contributed by atoms with Crippen molar-refractivity contribution in [3.05, 3.63) is 28.8 Å². The molecular formula is C9H6N2O4. The normalized spacial score (nSPS) is 9.27. The molecule has 0 atom stereocenters. The predicted octanol–water partition coefficient (Wildman–Crippen LogP) is 0.537. The number of hydrogen-bond donors (Lipinski definition) is 3. The van der Waals surface area contributed by atoms with Gasteiger partial charge in [0.1, 0.15) is 6.07 Å². The molecule has 0 unspecified atom stereocenters. The van der Waals surface area contributed by atoms with Crippen molar-refractivity contribution in [2.75, 3.05) is 5.73 Å². The number of aromatic carboxylic acids is 2. The van der Waals surface area contributed by atoms with Crippen molar-refractivity contribution in [1.29, 1.82) is 5.26 Å². The Morgan fingerprint density at radius 2 is 1.87 bits per heavy atom. The SMILES string of the molecule is N#Cc1c(N)ccc(C(=O)O)c1C(=O)O. The minimum absolute atomic E-state index is 0.0556. The molecule has 0 aliphatic carbocycles. The van der Waals surface area contributed by atoms with E-state index in [-0.39, 0.29) is 11.3 Å². The maximum Gasteiger partial charge on any atom is 0.338 e. The maximum atomic E-state index is 10.8. The van der Waals surface area contributed by atoms with Crippen molar-refractivity contribution in [2.45, 2.75) is 0 Å². The molecule has 0 amide bonds. The Bertz CT molecular complexity index is 488. The van der Waals surface area contributed by atoms with E-state index in [1.54, 1.807) is 6.07 Å². The molecular weight excluding hydrogens is 200 g/mol. The van der Waals surface area contributed by atoms with Gasteiger partial charge in [0, 0.05) is 0 Å². The molecule has 15 heavy (non-hydrogen) atoms. The number of nitrogens with zero attached hydrogens (tertiary/aromatic N) is 1. The van der Waals surface area contributed by atoms with E-state index < -0.39 is 23.1 Å². The Morgan fingerprint density at radius 3 is 2.27 bits per heavy atom. The van der Waals surface area contributed by atoms with Gasteiger partial charge in [-0.2, -0.15) is 5.26 Å². The van der Waals surface area contributed by atoms with E-state index in [0.29, 0.717) is 0 Å². The Hall–Kier alpha value is -2.55. The summed E-state index contributed by atoms with van der Waals surface area (Å²) in [6.07, 6.45) is 0. The van der Waals surface area contributed by atoms with Crippen LogP contribution in [0.5, 0.6) is 0 Å². The molecule has 0 saturated carbocycles. The van der Waals surface area contributed by atoms with Crippen molar-refractivity contribution in [3.63, 3.8) is 0 Å². The molecule has 6 nitrogen and oxygen atoms in total. The van der Waals surface area contributed by atoms with E-state index in [2.05, 4.69) is 0 Å². The van der Waals surface area contributed by atoms with Crippen LogP contribution < -0.4 is 5.73 Å². The van der Waals surface area contributed by atoms with Crippen molar-refractivity contribution < 1.29 is 19.8 Å². The number of hydrogen-bond acceptors (Lipinski definition) is 4. The van der Waals surface area contributed by atoms with E-state index in [4.69, 9.17) is 21.2 Å². The number of rotatable bonds is 2. The summed E-state index contributed by atoms with van der Waals surface area (Å²) in [6.45, 7) is 0. The van der Waals surface area contributed by atoms with E-state index in [0.717, 1.165) is 6.07 Å². The summed E-state index contributed by atoms with van der Waals surface area (Å²) in [6, 6.07) is 3.82. The van der Waals surface area contributed by atoms with Gasteiger partial charge in [-0.1, -0.05) is 0 Å². The second-order valence-corrected chi connectivity index (χ2v) is 2.67. The first kappa shape index (κ1) is 10.5. The van der Waals surface area contributed by atoms with E-state index in [1.807, 2.05) is 0 Å². The monoisotopic (exact) mass is 206 g/mol. The summed E-state index contributed by atoms with van der Waals surface area (Å²) in [5.74, 6) is -2.90. The lowest BCUT2D eigenvalue weighted by Gasteiger charge is -2.05. The average Bonchev–Trinajstić information content (AvgIpc) is 2.16. The number of anilines is 1. The minimum atomic E-state index is -1.49. The summed E-state index contributed by atoms with van der Waals surface area (Å²) in [5.41, 5.74) is 3.94. The smallest absolute Gasteiger partial charge is 0.338 e. The highest BCUT2D eigenvalue weighted by molar-refractivity contribution is 6.04. The molecule has 1 aromatic carbocycles. The average molecular weight is 206 g/mol. The first-order valence-electron chi connectivity index (χ1n) is 3.78. The van der Waals surface area contributed by atoms with Crippen molar-refractivity contribution >= 4 is 17.6 Å². The number of nitrogens with two attached hydrogens (primary N) is 1. The molecule has 4 N–H and O–H groups in total. The standard InChI is InChI=1S/C9H6N2O4/c10-3-5-6(11)2-1-4(8(12)13)7(5)9(14)15/h1-2H,11H2,(H,12,13)(H,14,15). The van der Waals surface area contributed by atoms with Crippen molar-refractivity contribution in [3.8, 4) is 6.07 Å². The fraction of sp³-hybridized carbons (Fsp3) is 0. The summed E-state index contributed by atoms with van der Waals surface area (Å²) in [4.78, 5) is 21.5. The van der Waals surface area contributed by atoms with Crippen LogP contribution in [-0.4, -0.2) is 22.2 Å². The van der Waals surface area contributed by atoms with E-state index >= 15 is 0 Å². The second kappa shape index (κ2) is 3.67. The molecule has 0 saturated heterocycles. The lowest BCUT2D eigenvalue weighted by Crippen LogP contribution is -2.12. The van der Waals surface area contributed by atoms with E-state index in [9.17, 15) is 9.59 Å². The van der Waals surface area contributed by atoms with Crippen LogP contribution in [0, 0.1) is 11.3 Å². The van der Waals surface area contributed by atoms with Crippen LogP contribution in [-0.2, 0) is 0 Å². The third kappa shape index (κ3) is 1.71. The third-order valence-electron chi connectivity index (χ3n) is 1.79. The first-order chi connectivity index (χ1) is 6.99. The van der Waals surface area contributed by atoms with Crippen molar-refractivity contribution in [2.24, 2.45) is 0 Å². The van der Waals surface area contributed by atoms with Gasteiger partial charge >= 0.3 is 11.9 Å². The number of carboxylic acids is 2. The van der Waals surface area contributed by atoms with Crippen LogP contribution in [0.25, 0.3) is 0 Å². The summed E-state index contributed by atoms with van der Waals surface area (Å²) < 4.78 is 0. The zero-order valence-corrected chi connectivity index (χ0v) is 7.39. The van der Waals surface area contributed by atoms with Gasteiger partial charge in [0.25, 0.3) is 0 Å². The Kier molecular flexibility index (Phi) is 2.58. The zero-order chi connectivity index (χ0) is 11.6. The molecule has 0 aromatic heterocycles. The van der Waals surface area contributed by atoms with Gasteiger partial charge in [-0.25, -0.2) is 9.59 Å². The molecule has 0 bridgehead atoms. The summed E-state index contributed by atoms with van der Waals surface area (Å²) in [7, 11) is 0. The fourth-order valence-electron chi connectivity index (χ4n) is 1.14. The molecule has 0 fully saturated rings. The van der Waals surface area contributed by atoms with Crippen LogP contribution in [0.4, 0.5) is 5.69 Å². The van der Waals surface area contributed by atoms with Gasteiger partial charge in [0.15, 0.2) is 0 Å². The lowest BCUT2D eigenvalue weighted by atomic mass is 10.00. The Labute approximate surface area is 84.2 Å². The highest BCUT2D eigenvalue weighted by Gasteiger charge is 2.21. The third-order valence-corrected chi connectivity index (χ3v) is 1.79. The molecule has 0 spiro atoms. The first-order valence-corrected chi connectivity index (χ1v) is 3.78. The largest absolute Gasteiger partial charge is 0.478 e. The van der Waals surface area contributed by atoms with Gasteiger partial charge in [0.05, 0.1) is 22.4 Å². The van der Waals surface area contributed by atoms with E-state index in [1.165, 1.54) is 6.07 Å². The minimum Gasteiger partial charge on any atom is -0.478 e. The van der Waals surface area contributed by atoms with Gasteiger partial charge in [-0.05, 0) is 12.1 Å². The molecule has 1 aromatic rings. The Morgan fingerprint density at radius 1 is 1.27 bits per heavy atom. The number of nitrogen functional groups attached to an aromatic ring is 1.